The van der Waals surface area contributed by atoms with E-state index in [9.17, 15) is 4.79 Å². The number of ketones is 1. The Hall–Kier alpha value is -0.850. The van der Waals surface area contributed by atoms with Gasteiger partial charge in [0.05, 0.1) is 0 Å². The highest BCUT2D eigenvalue weighted by Crippen LogP contribution is 2.54. The Morgan fingerprint density at radius 2 is 1.93 bits per heavy atom. The molecule has 0 aromatic heterocycles. The summed E-state index contributed by atoms with van der Waals surface area (Å²) in [7, 11) is 0. The van der Waals surface area contributed by atoms with Crippen LogP contribution in [0.25, 0.3) is 0 Å². The van der Waals surface area contributed by atoms with Crippen molar-refractivity contribution in [2.75, 3.05) is 0 Å². The van der Waals surface area contributed by atoms with Crippen molar-refractivity contribution >= 4 is 5.78 Å². The van der Waals surface area contributed by atoms with E-state index >= 15 is 0 Å². The summed E-state index contributed by atoms with van der Waals surface area (Å²) in [5.41, 5.74) is 0.409. The van der Waals surface area contributed by atoms with Gasteiger partial charge in [-0.25, -0.2) is 0 Å². The molecule has 0 aromatic carbocycles. The normalized spacial score (nSPS) is 37.2. The number of hydrogen-bond acceptors (Lipinski definition) is 1. The Balaban J connectivity index is 1.84. The first-order valence-electron chi connectivity index (χ1n) is 6.20. The largest absolute Gasteiger partial charge is 0.295 e. The van der Waals surface area contributed by atoms with Gasteiger partial charge in [-0.05, 0) is 43.1 Å². The number of carbonyl (C=O) groups is 1. The molecule has 0 amide bonds. The first-order valence-corrected chi connectivity index (χ1v) is 6.20. The Bertz CT molecular complexity index is 331. The molecule has 2 atom stereocenters. The van der Waals surface area contributed by atoms with Crippen LogP contribution < -0.4 is 0 Å². The van der Waals surface area contributed by atoms with Crippen molar-refractivity contribution in [3.63, 3.8) is 0 Å². The van der Waals surface area contributed by atoms with Gasteiger partial charge in [0.2, 0.25) is 0 Å². The lowest BCUT2D eigenvalue weighted by Crippen LogP contribution is -2.31. The van der Waals surface area contributed by atoms with E-state index in [1.54, 1.807) is 6.08 Å². The van der Waals surface area contributed by atoms with Gasteiger partial charge in [-0.2, -0.15) is 0 Å². The number of carbonyl (C=O) groups excluding carboxylic acids is 1. The third-order valence-electron chi connectivity index (χ3n) is 4.64. The molecule has 3 aliphatic rings. The van der Waals surface area contributed by atoms with E-state index in [0.29, 0.717) is 23.0 Å². The topological polar surface area (TPSA) is 17.1 Å². The summed E-state index contributed by atoms with van der Waals surface area (Å²) in [6, 6.07) is 0. The molecule has 0 N–H and O–H groups in total. The fourth-order valence-electron chi connectivity index (χ4n) is 3.88. The maximum atomic E-state index is 11.8. The lowest BCUT2D eigenvalue weighted by molar-refractivity contribution is -0.120. The molecule has 3 aliphatic carbocycles. The zero-order valence-electron chi connectivity index (χ0n) is 9.11. The fraction of sp³-hybridized carbons (Fsp3) is 0.643. The molecule has 1 unspecified atom stereocenters. The highest BCUT2D eigenvalue weighted by atomic mass is 16.1. The van der Waals surface area contributed by atoms with Gasteiger partial charge in [-0.3, -0.25) is 4.79 Å². The Morgan fingerprint density at radius 1 is 1.13 bits per heavy atom. The minimum absolute atomic E-state index is 0.304. The van der Waals surface area contributed by atoms with Crippen molar-refractivity contribution in [3.8, 4) is 0 Å². The highest BCUT2D eigenvalue weighted by molar-refractivity contribution is 5.94. The van der Waals surface area contributed by atoms with Gasteiger partial charge in [-0.15, -0.1) is 0 Å². The maximum absolute atomic E-state index is 11.8. The second kappa shape index (κ2) is 3.33. The van der Waals surface area contributed by atoms with Gasteiger partial charge in [-0.1, -0.05) is 31.1 Å². The Labute approximate surface area is 91.2 Å². The summed E-state index contributed by atoms with van der Waals surface area (Å²) < 4.78 is 0. The van der Waals surface area contributed by atoms with E-state index in [4.69, 9.17) is 0 Å². The quantitative estimate of drug-likeness (QED) is 0.596. The highest BCUT2D eigenvalue weighted by Gasteiger charge is 2.46. The number of hydrogen-bond donors (Lipinski definition) is 0. The molecule has 1 fully saturated rings. The SMILES string of the molecule is O=C1C=CC[C@@H]1C1CC=CC12CCCC2. The van der Waals surface area contributed by atoms with Crippen molar-refractivity contribution in [3.05, 3.63) is 24.3 Å². The van der Waals surface area contributed by atoms with Crippen molar-refractivity contribution in [2.45, 2.75) is 38.5 Å². The maximum Gasteiger partial charge on any atom is 0.159 e. The third kappa shape index (κ3) is 1.32. The molecule has 1 heteroatoms. The monoisotopic (exact) mass is 202 g/mol. The zero-order chi connectivity index (χ0) is 10.3. The van der Waals surface area contributed by atoms with Crippen LogP contribution in [-0.4, -0.2) is 5.78 Å². The first-order chi connectivity index (χ1) is 7.32. The molecule has 0 aromatic rings. The van der Waals surface area contributed by atoms with Crippen molar-refractivity contribution in [1.29, 1.82) is 0 Å². The summed E-state index contributed by atoms with van der Waals surface area (Å²) >= 11 is 0. The van der Waals surface area contributed by atoms with Gasteiger partial charge >= 0.3 is 0 Å². The molecule has 1 saturated carbocycles. The fourth-order valence-corrected chi connectivity index (χ4v) is 3.88. The molecule has 3 rings (SSSR count). The lowest BCUT2D eigenvalue weighted by atomic mass is 9.69. The van der Waals surface area contributed by atoms with Crippen LogP contribution in [0.15, 0.2) is 24.3 Å². The second-order valence-electron chi connectivity index (χ2n) is 5.33. The van der Waals surface area contributed by atoms with E-state index in [1.165, 1.54) is 25.7 Å². The third-order valence-corrected chi connectivity index (χ3v) is 4.64. The smallest absolute Gasteiger partial charge is 0.159 e. The summed E-state index contributed by atoms with van der Waals surface area (Å²) in [6.07, 6.45) is 16.1. The molecular weight excluding hydrogens is 184 g/mol. The zero-order valence-corrected chi connectivity index (χ0v) is 9.11. The second-order valence-corrected chi connectivity index (χ2v) is 5.33. The summed E-state index contributed by atoms with van der Waals surface area (Å²) in [5, 5.41) is 0. The van der Waals surface area contributed by atoms with Gasteiger partial charge in [0, 0.05) is 5.92 Å². The standard InChI is InChI=1S/C14H18O/c15-13-7-3-5-11(13)12-6-4-10-14(12)8-1-2-9-14/h3-4,7,10-12H,1-2,5-6,8-9H2/t11-,12?/m1/s1. The van der Waals surface area contributed by atoms with Crippen LogP contribution in [0.4, 0.5) is 0 Å². The minimum Gasteiger partial charge on any atom is -0.295 e. The van der Waals surface area contributed by atoms with Gasteiger partial charge in [0.25, 0.3) is 0 Å². The molecule has 0 saturated heterocycles. The van der Waals surface area contributed by atoms with Crippen molar-refractivity contribution in [2.24, 2.45) is 17.3 Å². The van der Waals surface area contributed by atoms with Gasteiger partial charge < -0.3 is 0 Å². The molecular formula is C14H18O. The molecule has 0 radical (unpaired) electrons. The van der Waals surface area contributed by atoms with Gasteiger partial charge in [0.15, 0.2) is 5.78 Å². The molecule has 0 aliphatic heterocycles. The van der Waals surface area contributed by atoms with Crippen LogP contribution in [-0.2, 0) is 4.79 Å². The average Bonchev–Trinajstić information content (AvgIpc) is 2.90. The van der Waals surface area contributed by atoms with E-state index < -0.39 is 0 Å². The summed E-state index contributed by atoms with van der Waals surface area (Å²) in [4.78, 5) is 11.8. The van der Waals surface area contributed by atoms with Crippen LogP contribution >= 0.6 is 0 Å². The number of allylic oxidation sites excluding steroid dienone is 4. The van der Waals surface area contributed by atoms with Crippen LogP contribution in [0, 0.1) is 17.3 Å². The van der Waals surface area contributed by atoms with E-state index in [2.05, 4.69) is 18.2 Å². The summed E-state index contributed by atoms with van der Waals surface area (Å²) in [6.45, 7) is 0. The number of rotatable bonds is 1. The molecule has 0 bridgehead atoms. The molecule has 15 heavy (non-hydrogen) atoms. The van der Waals surface area contributed by atoms with Crippen LogP contribution in [0.2, 0.25) is 0 Å². The molecule has 1 spiro atoms. The average molecular weight is 202 g/mol. The Morgan fingerprint density at radius 3 is 2.60 bits per heavy atom. The predicted molar refractivity (Wildman–Crippen MR) is 60.4 cm³/mol. The molecule has 1 nitrogen and oxygen atoms in total. The Kier molecular flexibility index (Phi) is 2.08. The molecule has 80 valence electrons. The van der Waals surface area contributed by atoms with Crippen molar-refractivity contribution in [1.82, 2.24) is 0 Å². The van der Waals surface area contributed by atoms with E-state index in [-0.39, 0.29) is 0 Å². The lowest BCUT2D eigenvalue weighted by Gasteiger charge is -2.34. The predicted octanol–water partition coefficient (Wildman–Crippen LogP) is 3.27. The van der Waals surface area contributed by atoms with Crippen LogP contribution in [0.1, 0.15) is 38.5 Å². The summed E-state index contributed by atoms with van der Waals surface area (Å²) in [5.74, 6) is 1.30. The van der Waals surface area contributed by atoms with E-state index in [0.717, 1.165) is 12.8 Å². The van der Waals surface area contributed by atoms with Gasteiger partial charge in [0.1, 0.15) is 0 Å². The first kappa shape index (κ1) is 9.38. The minimum atomic E-state index is 0.304. The van der Waals surface area contributed by atoms with E-state index in [1.807, 2.05) is 0 Å². The molecule has 0 heterocycles. The van der Waals surface area contributed by atoms with Crippen molar-refractivity contribution < 1.29 is 4.79 Å². The van der Waals surface area contributed by atoms with Crippen LogP contribution in [0.3, 0.4) is 0 Å². The van der Waals surface area contributed by atoms with Crippen LogP contribution in [0.5, 0.6) is 0 Å².